The van der Waals surface area contributed by atoms with Gasteiger partial charge in [-0.2, -0.15) is 0 Å². The summed E-state index contributed by atoms with van der Waals surface area (Å²) in [6, 6.07) is 4.63. The predicted molar refractivity (Wildman–Crippen MR) is 106 cm³/mol. The maximum atomic E-state index is 14.4. The fraction of sp³-hybridized carbons (Fsp3) is 0.476. The van der Waals surface area contributed by atoms with Crippen molar-refractivity contribution in [2.24, 2.45) is 10.9 Å². The molecule has 1 unspecified atom stereocenters. The van der Waals surface area contributed by atoms with Crippen LogP contribution >= 0.6 is 0 Å². The number of halogens is 1. The molecule has 0 amide bonds. The van der Waals surface area contributed by atoms with E-state index in [1.165, 1.54) is 6.07 Å². The van der Waals surface area contributed by atoms with E-state index in [4.69, 9.17) is 10.00 Å². The van der Waals surface area contributed by atoms with Crippen molar-refractivity contribution in [2.75, 3.05) is 13.1 Å². The second-order valence-electron chi connectivity index (χ2n) is 7.76. The van der Waals surface area contributed by atoms with Crippen LogP contribution in [0.4, 0.5) is 4.39 Å². The summed E-state index contributed by atoms with van der Waals surface area (Å²) in [5.41, 5.74) is 0.861. The number of aliphatic imine (C=N–C) groups is 1. The van der Waals surface area contributed by atoms with E-state index in [1.54, 1.807) is 12.1 Å². The van der Waals surface area contributed by atoms with Gasteiger partial charge >= 0.3 is 0 Å². The molecule has 1 atom stereocenters. The Balaban J connectivity index is 1.35. The number of dihydropyridines is 1. The summed E-state index contributed by atoms with van der Waals surface area (Å²) in [4.78, 5) is 19.0. The van der Waals surface area contributed by atoms with Crippen LogP contribution in [0.1, 0.15) is 35.2 Å². The topological polar surface area (TPSA) is 65.7 Å². The molecule has 1 aromatic rings. The van der Waals surface area contributed by atoms with E-state index >= 15 is 0 Å². The number of hydrogen-bond acceptors (Lipinski definition) is 5. The Kier molecular flexibility index (Phi) is 5.58. The third-order valence-corrected chi connectivity index (χ3v) is 5.68. The molecule has 1 saturated carbocycles. The summed E-state index contributed by atoms with van der Waals surface area (Å²) in [6.45, 7) is 1.95. The second kappa shape index (κ2) is 8.28. The van der Waals surface area contributed by atoms with Gasteiger partial charge in [0.15, 0.2) is 5.78 Å². The van der Waals surface area contributed by atoms with Crippen LogP contribution in [0.25, 0.3) is 0 Å². The number of carbonyl (C=O) groups is 1. The Labute approximate surface area is 165 Å². The second-order valence-corrected chi connectivity index (χ2v) is 7.76. The lowest BCUT2D eigenvalue weighted by Crippen LogP contribution is -2.43. The lowest BCUT2D eigenvalue weighted by atomic mass is 9.45. The smallest absolute Gasteiger partial charge is 0.270 e. The summed E-state index contributed by atoms with van der Waals surface area (Å²) in [5, 5.41) is 9.03. The van der Waals surface area contributed by atoms with Crippen molar-refractivity contribution < 1.29 is 13.9 Å². The van der Waals surface area contributed by atoms with Gasteiger partial charge in [-0.3, -0.25) is 9.69 Å². The standard InChI is InChI=1S/C21H23BFN3O2/c23-18-12-16(21(27)15-4-5-15)6-7-17(18)13-28-20-3-1-2-19(25-20)26-10-8-22(14-24)9-11-26/h1,3,6-7,12,15,19H,2,4-5,8-11,13H2. The van der Waals surface area contributed by atoms with Crippen LogP contribution in [-0.2, 0) is 11.3 Å². The average Bonchev–Trinajstić information content (AvgIpc) is 3.58. The molecule has 144 valence electrons. The highest BCUT2D eigenvalue weighted by atomic mass is 19.1. The van der Waals surface area contributed by atoms with Gasteiger partial charge in [-0.1, -0.05) is 18.2 Å². The molecular weight excluding hydrogens is 356 g/mol. The van der Waals surface area contributed by atoms with Gasteiger partial charge in [-0.15, -0.1) is 0 Å². The van der Waals surface area contributed by atoms with E-state index in [2.05, 4.69) is 15.9 Å². The van der Waals surface area contributed by atoms with Gasteiger partial charge in [0.05, 0.1) is 0 Å². The van der Waals surface area contributed by atoms with Crippen molar-refractivity contribution in [3.63, 3.8) is 0 Å². The average molecular weight is 379 g/mol. The van der Waals surface area contributed by atoms with E-state index in [0.29, 0.717) is 17.0 Å². The molecule has 2 fully saturated rings. The van der Waals surface area contributed by atoms with Crippen molar-refractivity contribution in [3.05, 3.63) is 47.3 Å². The van der Waals surface area contributed by atoms with E-state index in [-0.39, 0.29) is 31.2 Å². The maximum absolute atomic E-state index is 14.4. The van der Waals surface area contributed by atoms with E-state index < -0.39 is 5.82 Å². The molecule has 1 aliphatic carbocycles. The Morgan fingerprint density at radius 1 is 1.36 bits per heavy atom. The first-order valence-electron chi connectivity index (χ1n) is 9.97. The van der Waals surface area contributed by atoms with Crippen LogP contribution in [0.15, 0.2) is 35.3 Å². The van der Waals surface area contributed by atoms with Gasteiger partial charge in [0.2, 0.25) is 5.90 Å². The van der Waals surface area contributed by atoms with Crippen molar-refractivity contribution in [1.29, 1.82) is 5.26 Å². The highest BCUT2D eigenvalue weighted by molar-refractivity contribution is 6.67. The van der Waals surface area contributed by atoms with Crippen molar-refractivity contribution in [1.82, 2.24) is 4.90 Å². The Bertz CT molecular complexity index is 852. The van der Waals surface area contributed by atoms with E-state index in [0.717, 1.165) is 45.0 Å². The third kappa shape index (κ3) is 4.33. The van der Waals surface area contributed by atoms with Crippen molar-refractivity contribution in [2.45, 2.75) is 44.7 Å². The van der Waals surface area contributed by atoms with Crippen LogP contribution in [-0.4, -0.2) is 42.5 Å². The van der Waals surface area contributed by atoms with E-state index in [1.807, 2.05) is 12.2 Å². The van der Waals surface area contributed by atoms with E-state index in [9.17, 15) is 9.18 Å². The molecule has 0 spiro atoms. The number of Topliss-reactive ketones (excluding diaryl/α,β-unsaturated/α-hetero) is 1. The quantitative estimate of drug-likeness (QED) is 0.580. The molecule has 1 aromatic carbocycles. The molecule has 5 nitrogen and oxygen atoms in total. The number of ketones is 1. The fourth-order valence-electron chi connectivity index (χ4n) is 3.73. The number of rotatable bonds is 5. The summed E-state index contributed by atoms with van der Waals surface area (Å²) < 4.78 is 20.1. The zero-order chi connectivity index (χ0) is 19.5. The molecule has 1 saturated heterocycles. The summed E-state index contributed by atoms with van der Waals surface area (Å²) in [5.74, 6) is 2.54. The largest absolute Gasteiger partial charge is 0.473 e. The minimum Gasteiger partial charge on any atom is -0.473 e. The van der Waals surface area contributed by atoms with Gasteiger partial charge in [-0.05, 0) is 50.7 Å². The summed E-state index contributed by atoms with van der Waals surface area (Å²) in [7, 11) is 0. The van der Waals surface area contributed by atoms with Crippen LogP contribution in [0.3, 0.4) is 0 Å². The van der Waals surface area contributed by atoms with Gasteiger partial charge in [0.25, 0.3) is 6.71 Å². The molecule has 0 aromatic heterocycles. The first kappa shape index (κ1) is 18.9. The van der Waals surface area contributed by atoms with Crippen LogP contribution in [0.2, 0.25) is 12.6 Å². The van der Waals surface area contributed by atoms with Gasteiger partial charge in [0.1, 0.15) is 18.6 Å². The summed E-state index contributed by atoms with van der Waals surface area (Å²) >= 11 is 0. The first-order valence-corrected chi connectivity index (χ1v) is 9.97. The third-order valence-electron chi connectivity index (χ3n) is 5.68. The van der Waals surface area contributed by atoms with Crippen LogP contribution < -0.4 is 0 Å². The number of benzene rings is 1. The number of carbonyl (C=O) groups excluding carboxylic acids is 1. The van der Waals surface area contributed by atoms with Crippen molar-refractivity contribution in [3.8, 4) is 5.97 Å². The number of ether oxygens (including phenoxy) is 1. The molecule has 4 rings (SSSR count). The van der Waals surface area contributed by atoms with Gasteiger partial charge in [-0.25, -0.2) is 14.6 Å². The minimum absolute atomic E-state index is 0.0167. The highest BCUT2D eigenvalue weighted by Gasteiger charge is 2.31. The van der Waals surface area contributed by atoms with Gasteiger partial charge in [0, 0.05) is 29.4 Å². The Hall–Kier alpha value is -2.46. The van der Waals surface area contributed by atoms with Gasteiger partial charge < -0.3 is 4.74 Å². The van der Waals surface area contributed by atoms with Crippen molar-refractivity contribution >= 4 is 18.4 Å². The van der Waals surface area contributed by atoms with Crippen LogP contribution in [0.5, 0.6) is 0 Å². The number of nitriles is 1. The summed E-state index contributed by atoms with van der Waals surface area (Å²) in [6.07, 6.45) is 8.25. The van der Waals surface area contributed by atoms with Crippen LogP contribution in [0, 0.1) is 23.0 Å². The first-order chi connectivity index (χ1) is 13.6. The highest BCUT2D eigenvalue weighted by Crippen LogP contribution is 2.33. The molecule has 7 heteroatoms. The molecule has 3 aliphatic rings. The molecule has 0 N–H and O–H groups in total. The molecule has 0 bridgehead atoms. The SMILES string of the molecule is N#CB1CCN(C2CC=CC(OCc3ccc(C(=O)C4CC4)cc3F)=N2)CC1. The zero-order valence-electron chi connectivity index (χ0n) is 15.8. The Morgan fingerprint density at radius 2 is 2.14 bits per heavy atom. The fourth-order valence-corrected chi connectivity index (χ4v) is 3.73. The monoisotopic (exact) mass is 379 g/mol. The lowest BCUT2D eigenvalue weighted by molar-refractivity contribution is 0.0967. The molecular formula is C21H23BFN3O2. The lowest BCUT2D eigenvalue weighted by Gasteiger charge is -2.33. The molecule has 28 heavy (non-hydrogen) atoms. The zero-order valence-corrected chi connectivity index (χ0v) is 15.8. The maximum Gasteiger partial charge on any atom is 0.270 e. The molecule has 2 heterocycles. The number of hydrogen-bond donors (Lipinski definition) is 0. The minimum atomic E-state index is -0.415. The Morgan fingerprint density at radius 3 is 2.82 bits per heavy atom. The molecule has 2 aliphatic heterocycles. The normalized spacial score (nSPS) is 22.5. The predicted octanol–water partition coefficient (Wildman–Crippen LogP) is 3.49. The molecule has 0 radical (unpaired) electrons. The number of nitrogens with zero attached hydrogens (tertiary/aromatic N) is 3.